The predicted octanol–water partition coefficient (Wildman–Crippen LogP) is 3.39. The van der Waals surface area contributed by atoms with Gasteiger partial charge in [-0.25, -0.2) is 0 Å². The largest absolute Gasteiger partial charge is 0.282 e. The van der Waals surface area contributed by atoms with E-state index in [1.807, 2.05) is 54.0 Å². The number of hydrogen-bond donors (Lipinski definition) is 0. The standard InChI is InChI=1S/C13H9NOS/c15-13(12-6-3-9-16-12)14-8-7-10-4-1-2-5-11(10)14/h1-9H. The van der Waals surface area contributed by atoms with Crippen LogP contribution >= 0.6 is 11.3 Å². The van der Waals surface area contributed by atoms with Crippen LogP contribution in [-0.4, -0.2) is 10.5 Å². The first-order chi connectivity index (χ1) is 7.86. The number of hydrogen-bond acceptors (Lipinski definition) is 2. The van der Waals surface area contributed by atoms with Gasteiger partial charge in [0.1, 0.15) is 0 Å². The fourth-order valence-corrected chi connectivity index (χ4v) is 2.44. The van der Waals surface area contributed by atoms with Gasteiger partial charge in [0.2, 0.25) is 0 Å². The highest BCUT2D eigenvalue weighted by molar-refractivity contribution is 7.12. The molecule has 2 nitrogen and oxygen atoms in total. The van der Waals surface area contributed by atoms with E-state index < -0.39 is 0 Å². The lowest BCUT2D eigenvalue weighted by molar-refractivity contribution is 0.0969. The van der Waals surface area contributed by atoms with Crippen molar-refractivity contribution in [2.24, 2.45) is 0 Å². The molecule has 0 radical (unpaired) electrons. The summed E-state index contributed by atoms with van der Waals surface area (Å²) in [5.74, 6) is 0.0381. The van der Waals surface area contributed by atoms with Crippen LogP contribution in [0.15, 0.2) is 54.0 Å². The number of fused-ring (bicyclic) bond motifs is 1. The molecule has 0 unspecified atom stereocenters. The Balaban J connectivity index is 2.16. The zero-order valence-electron chi connectivity index (χ0n) is 8.46. The third-order valence-electron chi connectivity index (χ3n) is 2.55. The summed E-state index contributed by atoms with van der Waals surface area (Å²) in [4.78, 5) is 12.9. The molecule has 0 atom stereocenters. The van der Waals surface area contributed by atoms with E-state index >= 15 is 0 Å². The molecule has 0 saturated carbocycles. The molecular formula is C13H9NOS. The van der Waals surface area contributed by atoms with Crippen LogP contribution in [0.2, 0.25) is 0 Å². The number of carbonyl (C=O) groups excluding carboxylic acids is 1. The van der Waals surface area contributed by atoms with Gasteiger partial charge in [-0.1, -0.05) is 24.3 Å². The third kappa shape index (κ3) is 1.37. The van der Waals surface area contributed by atoms with E-state index in [0.29, 0.717) is 0 Å². The molecule has 2 heterocycles. The molecule has 3 aromatic rings. The fraction of sp³-hybridized carbons (Fsp3) is 0. The van der Waals surface area contributed by atoms with Crippen molar-refractivity contribution in [1.82, 2.24) is 4.57 Å². The van der Waals surface area contributed by atoms with E-state index in [2.05, 4.69) is 0 Å². The maximum absolute atomic E-state index is 12.2. The summed E-state index contributed by atoms with van der Waals surface area (Å²) in [6.45, 7) is 0. The number of nitrogens with zero attached hydrogens (tertiary/aromatic N) is 1. The Morgan fingerprint density at radius 1 is 1.06 bits per heavy atom. The Kier molecular flexibility index (Phi) is 2.11. The van der Waals surface area contributed by atoms with Gasteiger partial charge in [-0.2, -0.15) is 0 Å². The molecule has 0 amide bonds. The van der Waals surface area contributed by atoms with Crippen molar-refractivity contribution in [3.05, 3.63) is 58.9 Å². The first kappa shape index (κ1) is 9.36. The molecule has 0 aliphatic heterocycles. The van der Waals surface area contributed by atoms with Gasteiger partial charge < -0.3 is 0 Å². The molecule has 0 saturated heterocycles. The first-order valence-corrected chi connectivity index (χ1v) is 5.88. The quantitative estimate of drug-likeness (QED) is 0.624. The van der Waals surface area contributed by atoms with E-state index in [-0.39, 0.29) is 5.91 Å². The van der Waals surface area contributed by atoms with E-state index in [1.165, 1.54) is 11.3 Å². The third-order valence-corrected chi connectivity index (χ3v) is 3.41. The summed E-state index contributed by atoms with van der Waals surface area (Å²) in [5, 5.41) is 3.01. The SMILES string of the molecule is O=C(c1cccs1)n1ccc2ccccc21. The first-order valence-electron chi connectivity index (χ1n) is 5.00. The average Bonchev–Trinajstić information content (AvgIpc) is 2.98. The molecule has 78 valence electrons. The van der Waals surface area contributed by atoms with Crippen molar-refractivity contribution in [3.8, 4) is 0 Å². The highest BCUT2D eigenvalue weighted by Gasteiger charge is 2.11. The Morgan fingerprint density at radius 3 is 2.75 bits per heavy atom. The molecule has 0 aliphatic carbocycles. The van der Waals surface area contributed by atoms with Crippen molar-refractivity contribution in [2.75, 3.05) is 0 Å². The summed E-state index contributed by atoms with van der Waals surface area (Å²) in [7, 11) is 0. The van der Waals surface area contributed by atoms with Gasteiger partial charge in [0.15, 0.2) is 0 Å². The smallest absolute Gasteiger partial charge is 0.272 e. The highest BCUT2D eigenvalue weighted by Crippen LogP contribution is 2.18. The van der Waals surface area contributed by atoms with Gasteiger partial charge in [-0.3, -0.25) is 9.36 Å². The topological polar surface area (TPSA) is 22.0 Å². The monoisotopic (exact) mass is 227 g/mol. The van der Waals surface area contributed by atoms with Gasteiger partial charge in [0.25, 0.3) is 5.91 Å². The molecule has 0 aliphatic rings. The second-order valence-electron chi connectivity index (χ2n) is 3.53. The minimum Gasteiger partial charge on any atom is -0.282 e. The van der Waals surface area contributed by atoms with Gasteiger partial charge in [0.05, 0.1) is 10.4 Å². The lowest BCUT2D eigenvalue weighted by Crippen LogP contribution is -2.08. The number of carbonyl (C=O) groups is 1. The Labute approximate surface area is 96.8 Å². The van der Waals surface area contributed by atoms with Gasteiger partial charge in [-0.05, 0) is 23.6 Å². The molecule has 0 N–H and O–H groups in total. The van der Waals surface area contributed by atoms with Crippen LogP contribution < -0.4 is 0 Å². The predicted molar refractivity (Wildman–Crippen MR) is 66.0 cm³/mol. The van der Waals surface area contributed by atoms with E-state index in [9.17, 15) is 4.79 Å². The number of aromatic nitrogens is 1. The molecule has 3 rings (SSSR count). The molecule has 2 aromatic heterocycles. The fourth-order valence-electron chi connectivity index (χ4n) is 1.78. The van der Waals surface area contributed by atoms with Gasteiger partial charge in [-0.15, -0.1) is 11.3 Å². The van der Waals surface area contributed by atoms with Crippen molar-refractivity contribution < 1.29 is 4.79 Å². The lowest BCUT2D eigenvalue weighted by Gasteiger charge is -2.01. The minimum atomic E-state index is 0.0381. The number of benzene rings is 1. The van der Waals surface area contributed by atoms with Crippen LogP contribution in [0.1, 0.15) is 9.67 Å². The lowest BCUT2D eigenvalue weighted by atomic mass is 10.2. The highest BCUT2D eigenvalue weighted by atomic mass is 32.1. The van der Waals surface area contributed by atoms with E-state index in [0.717, 1.165) is 15.8 Å². The average molecular weight is 227 g/mol. The van der Waals surface area contributed by atoms with Gasteiger partial charge >= 0.3 is 0 Å². The van der Waals surface area contributed by atoms with Gasteiger partial charge in [0, 0.05) is 11.6 Å². The molecule has 1 aromatic carbocycles. The van der Waals surface area contributed by atoms with Crippen LogP contribution in [0.4, 0.5) is 0 Å². The van der Waals surface area contributed by atoms with Crippen molar-refractivity contribution in [3.63, 3.8) is 0 Å². The van der Waals surface area contributed by atoms with Crippen LogP contribution in [0.25, 0.3) is 10.9 Å². The summed E-state index contributed by atoms with van der Waals surface area (Å²) in [5.41, 5.74) is 0.959. The zero-order valence-corrected chi connectivity index (χ0v) is 9.28. The summed E-state index contributed by atoms with van der Waals surface area (Å²) in [6, 6.07) is 13.6. The van der Waals surface area contributed by atoms with Crippen molar-refractivity contribution >= 4 is 28.1 Å². The maximum atomic E-state index is 12.2. The van der Waals surface area contributed by atoms with E-state index in [1.54, 1.807) is 4.57 Å². The second-order valence-corrected chi connectivity index (χ2v) is 4.47. The summed E-state index contributed by atoms with van der Waals surface area (Å²) in [6.07, 6.45) is 1.83. The minimum absolute atomic E-state index is 0.0381. The zero-order chi connectivity index (χ0) is 11.0. The summed E-state index contributed by atoms with van der Waals surface area (Å²) < 4.78 is 1.70. The Morgan fingerprint density at radius 2 is 1.94 bits per heavy atom. The second kappa shape index (κ2) is 3.61. The molecule has 0 spiro atoms. The maximum Gasteiger partial charge on any atom is 0.272 e. The molecular weight excluding hydrogens is 218 g/mol. The molecule has 16 heavy (non-hydrogen) atoms. The normalized spacial score (nSPS) is 10.8. The number of thiophene rings is 1. The van der Waals surface area contributed by atoms with Crippen molar-refractivity contribution in [1.29, 1.82) is 0 Å². The van der Waals surface area contributed by atoms with Crippen molar-refractivity contribution in [2.45, 2.75) is 0 Å². The summed E-state index contributed by atoms with van der Waals surface area (Å²) >= 11 is 1.47. The molecule has 3 heteroatoms. The van der Waals surface area contributed by atoms with Crippen LogP contribution in [0.5, 0.6) is 0 Å². The van der Waals surface area contributed by atoms with Crippen LogP contribution in [0, 0.1) is 0 Å². The van der Waals surface area contributed by atoms with Crippen LogP contribution in [-0.2, 0) is 0 Å². The number of para-hydroxylation sites is 1. The Bertz CT molecular complexity index is 637. The van der Waals surface area contributed by atoms with Crippen LogP contribution in [0.3, 0.4) is 0 Å². The molecule has 0 bridgehead atoms. The molecule has 0 fully saturated rings. The Hall–Kier alpha value is -1.87. The number of rotatable bonds is 1. The van der Waals surface area contributed by atoms with E-state index in [4.69, 9.17) is 0 Å².